The summed E-state index contributed by atoms with van der Waals surface area (Å²) in [6.45, 7) is 9.12. The topological polar surface area (TPSA) is 38.7 Å². The average molecular weight is 312 g/mol. The highest BCUT2D eigenvalue weighted by atomic mass is 35.5. The van der Waals surface area contributed by atoms with Gasteiger partial charge in [-0.25, -0.2) is 0 Å². The highest BCUT2D eigenvalue weighted by Gasteiger charge is 2.23. The molecule has 0 unspecified atom stereocenters. The predicted octanol–water partition coefficient (Wildman–Crippen LogP) is 1.95. The number of nitrogens with zero attached hydrogens (tertiary/aromatic N) is 2. The highest BCUT2D eigenvalue weighted by Crippen LogP contribution is 2.25. The summed E-state index contributed by atoms with van der Waals surface area (Å²) in [6.07, 6.45) is 0. The number of rotatable bonds is 5. The van der Waals surface area contributed by atoms with Crippen molar-refractivity contribution < 1.29 is 5.11 Å². The second-order valence-electron chi connectivity index (χ2n) is 6.38. The maximum Gasteiger partial charge on any atom is 0.0718 e. The monoisotopic (exact) mass is 311 g/mol. The zero-order chi connectivity index (χ0) is 15.5. The Morgan fingerprint density at radius 1 is 1.24 bits per heavy atom. The zero-order valence-electron chi connectivity index (χ0n) is 13.2. The number of β-amino-alcohol motifs (C(OH)–C–C–N with tert-alkyl or cyclic N) is 1. The van der Waals surface area contributed by atoms with E-state index in [1.807, 2.05) is 20.9 Å². The number of halogens is 1. The lowest BCUT2D eigenvalue weighted by atomic mass is 10.1. The summed E-state index contributed by atoms with van der Waals surface area (Å²) in [4.78, 5) is 4.67. The molecule has 0 radical (unpaired) electrons. The summed E-state index contributed by atoms with van der Waals surface area (Å²) in [5, 5.41) is 13.8. The lowest BCUT2D eigenvalue weighted by Crippen LogP contribution is -2.50. The van der Waals surface area contributed by atoms with Crippen LogP contribution in [0.2, 0.25) is 5.02 Å². The van der Waals surface area contributed by atoms with Gasteiger partial charge in [-0.1, -0.05) is 17.7 Å². The molecular formula is C16H26ClN3O. The predicted molar refractivity (Wildman–Crippen MR) is 89.2 cm³/mol. The summed E-state index contributed by atoms with van der Waals surface area (Å²) in [7, 11) is 1.92. The Hall–Kier alpha value is -0.810. The van der Waals surface area contributed by atoms with Crippen LogP contribution in [0.3, 0.4) is 0 Å². The average Bonchev–Trinajstić information content (AvgIpc) is 2.40. The highest BCUT2D eigenvalue weighted by molar-refractivity contribution is 6.31. The van der Waals surface area contributed by atoms with Crippen LogP contribution in [0.4, 0.5) is 5.69 Å². The van der Waals surface area contributed by atoms with Crippen LogP contribution in [0.1, 0.15) is 19.4 Å². The fourth-order valence-corrected chi connectivity index (χ4v) is 3.02. The molecule has 21 heavy (non-hydrogen) atoms. The Morgan fingerprint density at radius 2 is 1.90 bits per heavy atom. The van der Waals surface area contributed by atoms with E-state index in [0.29, 0.717) is 0 Å². The number of nitrogens with one attached hydrogen (secondary N) is 1. The number of benzene rings is 1. The molecule has 0 amide bonds. The van der Waals surface area contributed by atoms with E-state index in [0.717, 1.165) is 49.9 Å². The Kier molecular flexibility index (Phi) is 5.49. The molecule has 5 heteroatoms. The third kappa shape index (κ3) is 4.85. The summed E-state index contributed by atoms with van der Waals surface area (Å²) in [5.41, 5.74) is 1.69. The first kappa shape index (κ1) is 16.6. The molecule has 1 heterocycles. The van der Waals surface area contributed by atoms with E-state index in [1.54, 1.807) is 0 Å². The van der Waals surface area contributed by atoms with Crippen LogP contribution in [0.15, 0.2) is 18.2 Å². The minimum atomic E-state index is -0.625. The number of hydrogen-bond acceptors (Lipinski definition) is 4. The summed E-state index contributed by atoms with van der Waals surface area (Å²) < 4.78 is 0. The van der Waals surface area contributed by atoms with Crippen molar-refractivity contribution in [1.82, 2.24) is 10.2 Å². The molecule has 1 fully saturated rings. The maximum atomic E-state index is 9.89. The third-order valence-electron chi connectivity index (χ3n) is 3.75. The van der Waals surface area contributed by atoms with Gasteiger partial charge < -0.3 is 15.3 Å². The molecule has 1 aromatic rings. The molecule has 2 rings (SSSR count). The number of hydrogen-bond donors (Lipinski definition) is 2. The molecule has 0 atom stereocenters. The van der Waals surface area contributed by atoms with Gasteiger partial charge in [-0.15, -0.1) is 0 Å². The zero-order valence-corrected chi connectivity index (χ0v) is 14.0. The van der Waals surface area contributed by atoms with Crippen molar-refractivity contribution in [1.29, 1.82) is 0 Å². The smallest absolute Gasteiger partial charge is 0.0718 e. The quantitative estimate of drug-likeness (QED) is 0.872. The van der Waals surface area contributed by atoms with Crippen molar-refractivity contribution in [3.05, 3.63) is 28.8 Å². The van der Waals surface area contributed by atoms with Gasteiger partial charge in [-0.2, -0.15) is 0 Å². The van der Waals surface area contributed by atoms with Crippen molar-refractivity contribution >= 4 is 17.3 Å². The molecule has 118 valence electrons. The Balaban J connectivity index is 1.94. The lowest BCUT2D eigenvalue weighted by molar-refractivity contribution is 0.0345. The van der Waals surface area contributed by atoms with Crippen molar-refractivity contribution in [3.8, 4) is 0 Å². The first-order valence-electron chi connectivity index (χ1n) is 7.52. The molecule has 0 spiro atoms. The molecule has 0 saturated carbocycles. The molecule has 1 aliphatic heterocycles. The standard InChI is InChI=1S/C16H26ClN3O/c1-16(2,21)12-19-6-8-20(9-7-19)14-5-4-13(11-18-3)15(17)10-14/h4-5,10,18,21H,6-9,11-12H2,1-3H3. The Labute approximate surface area is 132 Å². The van der Waals surface area contributed by atoms with E-state index in [1.165, 1.54) is 5.69 Å². The molecule has 1 aromatic carbocycles. The molecule has 2 N–H and O–H groups in total. The van der Waals surface area contributed by atoms with E-state index in [-0.39, 0.29) is 0 Å². The summed E-state index contributed by atoms with van der Waals surface area (Å²) >= 11 is 6.33. The van der Waals surface area contributed by atoms with E-state index in [4.69, 9.17) is 11.6 Å². The number of aliphatic hydroxyl groups is 1. The fourth-order valence-electron chi connectivity index (χ4n) is 2.78. The summed E-state index contributed by atoms with van der Waals surface area (Å²) in [6, 6.07) is 6.29. The number of piperazine rings is 1. The Morgan fingerprint density at radius 3 is 2.43 bits per heavy atom. The second kappa shape index (κ2) is 6.97. The van der Waals surface area contributed by atoms with Gasteiger partial charge >= 0.3 is 0 Å². The van der Waals surface area contributed by atoms with E-state index in [9.17, 15) is 5.11 Å². The fraction of sp³-hybridized carbons (Fsp3) is 0.625. The van der Waals surface area contributed by atoms with Crippen LogP contribution >= 0.6 is 11.6 Å². The molecular weight excluding hydrogens is 286 g/mol. The lowest BCUT2D eigenvalue weighted by Gasteiger charge is -2.38. The first-order valence-corrected chi connectivity index (χ1v) is 7.89. The van der Waals surface area contributed by atoms with Crippen LogP contribution in [0, 0.1) is 0 Å². The van der Waals surface area contributed by atoms with Gasteiger partial charge in [0.05, 0.1) is 5.60 Å². The first-order chi connectivity index (χ1) is 9.89. The van der Waals surface area contributed by atoms with Gasteiger partial charge in [-0.05, 0) is 38.6 Å². The van der Waals surface area contributed by atoms with Crippen LogP contribution < -0.4 is 10.2 Å². The van der Waals surface area contributed by atoms with Crippen molar-refractivity contribution in [3.63, 3.8) is 0 Å². The normalized spacial score (nSPS) is 17.3. The van der Waals surface area contributed by atoms with Gasteiger partial charge in [0, 0.05) is 50.0 Å². The van der Waals surface area contributed by atoms with Crippen molar-refractivity contribution in [2.75, 3.05) is 44.7 Å². The molecule has 1 aliphatic rings. The van der Waals surface area contributed by atoms with Gasteiger partial charge in [-0.3, -0.25) is 4.90 Å². The van der Waals surface area contributed by atoms with Crippen LogP contribution in [0.5, 0.6) is 0 Å². The van der Waals surface area contributed by atoms with Gasteiger partial charge in [0.1, 0.15) is 0 Å². The maximum absolute atomic E-state index is 9.89. The van der Waals surface area contributed by atoms with Gasteiger partial charge in [0.2, 0.25) is 0 Å². The van der Waals surface area contributed by atoms with Crippen LogP contribution in [-0.4, -0.2) is 55.4 Å². The molecule has 0 aliphatic carbocycles. The minimum Gasteiger partial charge on any atom is -0.389 e. The summed E-state index contributed by atoms with van der Waals surface area (Å²) in [5.74, 6) is 0. The van der Waals surface area contributed by atoms with Crippen molar-refractivity contribution in [2.45, 2.75) is 26.0 Å². The van der Waals surface area contributed by atoms with E-state index >= 15 is 0 Å². The molecule has 0 bridgehead atoms. The van der Waals surface area contributed by atoms with Crippen molar-refractivity contribution in [2.24, 2.45) is 0 Å². The molecule has 0 aromatic heterocycles. The van der Waals surface area contributed by atoms with Gasteiger partial charge in [0.15, 0.2) is 0 Å². The largest absolute Gasteiger partial charge is 0.389 e. The van der Waals surface area contributed by atoms with E-state index in [2.05, 4.69) is 33.3 Å². The van der Waals surface area contributed by atoms with E-state index < -0.39 is 5.60 Å². The molecule has 4 nitrogen and oxygen atoms in total. The third-order valence-corrected chi connectivity index (χ3v) is 4.10. The van der Waals surface area contributed by atoms with Crippen LogP contribution in [-0.2, 0) is 6.54 Å². The van der Waals surface area contributed by atoms with Crippen LogP contribution in [0.25, 0.3) is 0 Å². The Bertz CT molecular complexity index is 465. The SMILES string of the molecule is CNCc1ccc(N2CCN(CC(C)(C)O)CC2)cc1Cl. The minimum absolute atomic E-state index is 0.625. The van der Waals surface area contributed by atoms with Gasteiger partial charge in [0.25, 0.3) is 0 Å². The number of anilines is 1. The second-order valence-corrected chi connectivity index (χ2v) is 6.79. The molecule has 1 saturated heterocycles.